The normalized spacial score (nSPS) is 15.1. The maximum absolute atomic E-state index is 12.4. The van der Waals surface area contributed by atoms with Gasteiger partial charge in [-0.25, -0.2) is 8.42 Å². The number of sulfonamides is 1. The number of aliphatic imine (C=N–C) groups is 1. The van der Waals surface area contributed by atoms with Gasteiger partial charge in [-0.2, -0.15) is 4.72 Å². The first kappa shape index (κ1) is 17.2. The van der Waals surface area contributed by atoms with Crippen molar-refractivity contribution in [2.24, 2.45) is 4.99 Å². The lowest BCUT2D eigenvalue weighted by Gasteiger charge is -2.16. The van der Waals surface area contributed by atoms with E-state index < -0.39 is 22.0 Å². The summed E-state index contributed by atoms with van der Waals surface area (Å²) < 4.78 is 36.9. The molecule has 0 radical (unpaired) electrons. The van der Waals surface area contributed by atoms with Gasteiger partial charge in [-0.1, -0.05) is 6.08 Å². The Balaban J connectivity index is 2.18. The Morgan fingerprint density at radius 1 is 1.30 bits per heavy atom. The maximum atomic E-state index is 12.4. The van der Waals surface area contributed by atoms with Gasteiger partial charge in [0, 0.05) is 24.8 Å². The van der Waals surface area contributed by atoms with E-state index in [2.05, 4.69) is 14.5 Å². The van der Waals surface area contributed by atoms with Crippen LogP contribution in [0.1, 0.15) is 12.8 Å². The number of nitrogens with one attached hydrogen (secondary N) is 1. The second-order valence-corrected chi connectivity index (χ2v) is 6.53. The van der Waals surface area contributed by atoms with Crippen molar-refractivity contribution in [3.8, 4) is 5.75 Å². The van der Waals surface area contributed by atoms with Crippen molar-refractivity contribution in [2.45, 2.75) is 23.8 Å². The minimum Gasteiger partial charge on any atom is -0.497 e. The van der Waals surface area contributed by atoms with Crippen LogP contribution >= 0.6 is 0 Å². The molecular weight excluding hydrogens is 320 g/mol. The average molecular weight is 338 g/mol. The van der Waals surface area contributed by atoms with Gasteiger partial charge in [0.05, 0.1) is 19.1 Å². The number of ether oxygens (including phenoxy) is 2. The fourth-order valence-electron chi connectivity index (χ4n) is 2.08. The number of carbonyl (C=O) groups is 1. The third kappa shape index (κ3) is 4.40. The summed E-state index contributed by atoms with van der Waals surface area (Å²) in [5.41, 5.74) is 0.651. The molecule has 0 bridgehead atoms. The monoisotopic (exact) mass is 338 g/mol. The van der Waals surface area contributed by atoms with Crippen molar-refractivity contribution in [1.82, 2.24) is 4.72 Å². The lowest BCUT2D eigenvalue weighted by Crippen LogP contribution is -2.41. The van der Waals surface area contributed by atoms with E-state index in [1.165, 1.54) is 38.5 Å². The zero-order valence-electron chi connectivity index (χ0n) is 12.9. The van der Waals surface area contributed by atoms with Crippen LogP contribution in [0.5, 0.6) is 5.75 Å². The second-order valence-electron chi connectivity index (χ2n) is 4.82. The van der Waals surface area contributed by atoms with Crippen LogP contribution in [0.15, 0.2) is 45.9 Å². The standard InChI is InChI=1S/C15H18N2O5S/c1-21-12-5-7-13(8-6-12)23(19,20)17-14(15(18)22-2)10-11-4-3-9-16-11/h4-9,14,17H,3,10H2,1-2H3. The Morgan fingerprint density at radius 2 is 2.00 bits per heavy atom. The Hall–Kier alpha value is -2.19. The van der Waals surface area contributed by atoms with Gasteiger partial charge in [-0.05, 0) is 24.3 Å². The molecule has 2 rings (SSSR count). The van der Waals surface area contributed by atoms with Crippen molar-refractivity contribution in [2.75, 3.05) is 14.2 Å². The Morgan fingerprint density at radius 3 is 2.52 bits per heavy atom. The van der Waals surface area contributed by atoms with E-state index in [4.69, 9.17) is 4.74 Å². The van der Waals surface area contributed by atoms with Crippen LogP contribution in [0.25, 0.3) is 0 Å². The molecule has 0 fully saturated rings. The highest BCUT2D eigenvalue weighted by Crippen LogP contribution is 2.18. The molecule has 1 unspecified atom stereocenters. The van der Waals surface area contributed by atoms with Crippen molar-refractivity contribution in [1.29, 1.82) is 0 Å². The number of allylic oxidation sites excluding steroid dienone is 1. The molecule has 0 aromatic heterocycles. The highest BCUT2D eigenvalue weighted by atomic mass is 32.2. The molecule has 0 aliphatic carbocycles. The van der Waals surface area contributed by atoms with E-state index in [0.29, 0.717) is 17.9 Å². The molecule has 1 heterocycles. The van der Waals surface area contributed by atoms with Crippen LogP contribution in [-0.4, -0.2) is 40.9 Å². The number of methoxy groups -OCH3 is 2. The molecule has 1 atom stereocenters. The van der Waals surface area contributed by atoms with E-state index in [0.717, 1.165) is 0 Å². The fourth-order valence-corrected chi connectivity index (χ4v) is 3.27. The molecule has 1 N–H and O–H groups in total. The lowest BCUT2D eigenvalue weighted by molar-refractivity contribution is -0.142. The van der Waals surface area contributed by atoms with E-state index >= 15 is 0 Å². The molecule has 0 saturated carbocycles. The summed E-state index contributed by atoms with van der Waals surface area (Å²) in [5.74, 6) is -0.121. The number of hydrogen-bond donors (Lipinski definition) is 1. The van der Waals surface area contributed by atoms with Crippen molar-refractivity contribution in [3.05, 3.63) is 36.0 Å². The van der Waals surface area contributed by atoms with Crippen LogP contribution in [0.2, 0.25) is 0 Å². The summed E-state index contributed by atoms with van der Waals surface area (Å²) in [6.45, 7) is 0. The molecule has 1 aliphatic rings. The van der Waals surface area contributed by atoms with Gasteiger partial charge in [0.1, 0.15) is 11.8 Å². The smallest absolute Gasteiger partial charge is 0.324 e. The number of esters is 1. The van der Waals surface area contributed by atoms with Crippen molar-refractivity contribution < 1.29 is 22.7 Å². The molecule has 7 nitrogen and oxygen atoms in total. The second kappa shape index (κ2) is 7.38. The maximum Gasteiger partial charge on any atom is 0.324 e. The van der Waals surface area contributed by atoms with Gasteiger partial charge in [0.15, 0.2) is 0 Å². The first-order valence-electron chi connectivity index (χ1n) is 6.92. The minimum absolute atomic E-state index is 0.0381. The molecule has 1 aliphatic heterocycles. The summed E-state index contributed by atoms with van der Waals surface area (Å²) >= 11 is 0. The predicted molar refractivity (Wildman–Crippen MR) is 84.9 cm³/mol. The van der Waals surface area contributed by atoms with Gasteiger partial charge in [-0.3, -0.25) is 9.79 Å². The molecule has 23 heavy (non-hydrogen) atoms. The molecule has 8 heteroatoms. The van der Waals surface area contributed by atoms with E-state index in [1.54, 1.807) is 6.21 Å². The summed E-state index contributed by atoms with van der Waals surface area (Å²) in [6, 6.07) is 4.84. The third-order valence-corrected chi connectivity index (χ3v) is 4.77. The summed E-state index contributed by atoms with van der Waals surface area (Å²) in [4.78, 5) is 16.0. The topological polar surface area (TPSA) is 94.1 Å². The largest absolute Gasteiger partial charge is 0.497 e. The van der Waals surface area contributed by atoms with Crippen LogP contribution in [0.3, 0.4) is 0 Å². The number of benzene rings is 1. The third-order valence-electron chi connectivity index (χ3n) is 3.28. The number of nitrogens with zero attached hydrogens (tertiary/aromatic N) is 1. The molecular formula is C15H18N2O5S. The van der Waals surface area contributed by atoms with Gasteiger partial charge >= 0.3 is 5.97 Å². The average Bonchev–Trinajstić information content (AvgIpc) is 3.06. The number of hydrogen-bond acceptors (Lipinski definition) is 6. The van der Waals surface area contributed by atoms with Crippen LogP contribution in [0, 0.1) is 0 Å². The molecule has 124 valence electrons. The number of rotatable bonds is 7. The van der Waals surface area contributed by atoms with E-state index in [9.17, 15) is 13.2 Å². The SMILES string of the molecule is COC(=O)C(CC1=CCC=N1)NS(=O)(=O)c1ccc(OC)cc1. The van der Waals surface area contributed by atoms with E-state index in [1.807, 2.05) is 6.08 Å². The van der Waals surface area contributed by atoms with Gasteiger partial charge in [-0.15, -0.1) is 0 Å². The van der Waals surface area contributed by atoms with Crippen LogP contribution < -0.4 is 9.46 Å². The zero-order chi connectivity index (χ0) is 16.9. The predicted octanol–water partition coefficient (Wildman–Crippen LogP) is 1.26. The lowest BCUT2D eigenvalue weighted by atomic mass is 10.2. The Bertz CT molecular complexity index is 723. The zero-order valence-corrected chi connectivity index (χ0v) is 13.7. The Labute approximate surface area is 135 Å². The van der Waals surface area contributed by atoms with Gasteiger partial charge in [0.25, 0.3) is 0 Å². The Kier molecular flexibility index (Phi) is 5.51. The highest BCUT2D eigenvalue weighted by Gasteiger charge is 2.27. The summed E-state index contributed by atoms with van der Waals surface area (Å²) in [7, 11) is -1.16. The molecule has 0 saturated heterocycles. The van der Waals surface area contributed by atoms with Gasteiger partial charge in [0.2, 0.25) is 10.0 Å². The quantitative estimate of drug-likeness (QED) is 0.756. The number of carbonyl (C=O) groups excluding carboxylic acids is 1. The molecule has 1 aromatic rings. The fraction of sp³-hybridized carbons (Fsp3) is 0.333. The summed E-state index contributed by atoms with van der Waals surface area (Å²) in [5, 5.41) is 0. The van der Waals surface area contributed by atoms with Crippen LogP contribution in [-0.2, 0) is 19.6 Å². The first-order chi connectivity index (χ1) is 11.0. The highest BCUT2D eigenvalue weighted by molar-refractivity contribution is 7.89. The van der Waals surface area contributed by atoms with Gasteiger partial charge < -0.3 is 9.47 Å². The first-order valence-corrected chi connectivity index (χ1v) is 8.40. The summed E-state index contributed by atoms with van der Waals surface area (Å²) in [6.07, 6.45) is 4.34. The molecule has 0 spiro atoms. The van der Waals surface area contributed by atoms with Crippen LogP contribution in [0.4, 0.5) is 0 Å². The molecule has 1 aromatic carbocycles. The van der Waals surface area contributed by atoms with E-state index in [-0.39, 0.29) is 11.3 Å². The molecule has 0 amide bonds. The van der Waals surface area contributed by atoms with Crippen molar-refractivity contribution in [3.63, 3.8) is 0 Å². The minimum atomic E-state index is -3.87. The van der Waals surface area contributed by atoms with Crippen molar-refractivity contribution >= 4 is 22.2 Å².